The van der Waals surface area contributed by atoms with Crippen LogP contribution in [-0.4, -0.2) is 19.3 Å². The summed E-state index contributed by atoms with van der Waals surface area (Å²) >= 11 is 0. The van der Waals surface area contributed by atoms with Crippen LogP contribution in [0.2, 0.25) is 0 Å². The van der Waals surface area contributed by atoms with Gasteiger partial charge in [0.25, 0.3) is 15.9 Å². The Balaban J connectivity index is 1.58. The highest BCUT2D eigenvalue weighted by Gasteiger charge is 2.19. The molecule has 0 aliphatic carbocycles. The first-order valence-electron chi connectivity index (χ1n) is 8.79. The normalized spacial score (nSPS) is 11.3. The zero-order chi connectivity index (χ0) is 20.3. The summed E-state index contributed by atoms with van der Waals surface area (Å²) in [6, 6.07) is 17.2. The molecule has 7 nitrogen and oxygen atoms in total. The number of nitrogens with zero attached hydrogens (tertiary/aromatic N) is 1. The number of carbonyl (C=O) groups excluding carboxylic acids is 1. The van der Waals surface area contributed by atoms with Crippen molar-refractivity contribution in [2.75, 3.05) is 4.72 Å². The standard InChI is InChI=1S/C21H17N3O4S/c25-21(23-13-17-6-3-11-28-17)19-14-22-10-9-20(19)24-29(26,27)18-8-7-15-4-1-2-5-16(15)12-18/h1-12,14H,13H2,(H,22,24)(H,23,25). The highest BCUT2D eigenvalue weighted by Crippen LogP contribution is 2.23. The molecule has 0 aliphatic heterocycles. The molecule has 2 heterocycles. The molecule has 0 bridgehead atoms. The molecule has 2 aromatic carbocycles. The van der Waals surface area contributed by atoms with Gasteiger partial charge in [-0.05, 0) is 41.1 Å². The number of amides is 1. The van der Waals surface area contributed by atoms with E-state index in [0.29, 0.717) is 5.76 Å². The molecule has 0 saturated heterocycles. The fraction of sp³-hybridized carbons (Fsp3) is 0.0476. The van der Waals surface area contributed by atoms with Gasteiger partial charge in [-0.1, -0.05) is 30.3 Å². The number of furan rings is 1. The molecule has 4 rings (SSSR count). The topological polar surface area (TPSA) is 101 Å². The van der Waals surface area contributed by atoms with Crippen LogP contribution in [-0.2, 0) is 16.6 Å². The fourth-order valence-corrected chi connectivity index (χ4v) is 3.99. The molecule has 0 saturated carbocycles. The van der Waals surface area contributed by atoms with Gasteiger partial charge < -0.3 is 9.73 Å². The van der Waals surface area contributed by atoms with E-state index in [2.05, 4.69) is 15.0 Å². The van der Waals surface area contributed by atoms with Crippen molar-refractivity contribution in [2.24, 2.45) is 0 Å². The van der Waals surface area contributed by atoms with E-state index in [1.165, 1.54) is 30.8 Å². The van der Waals surface area contributed by atoms with Crippen LogP contribution in [0.15, 0.2) is 88.6 Å². The fourth-order valence-electron chi connectivity index (χ4n) is 2.88. The number of anilines is 1. The highest BCUT2D eigenvalue weighted by molar-refractivity contribution is 7.92. The van der Waals surface area contributed by atoms with Crippen LogP contribution in [0.1, 0.15) is 16.1 Å². The van der Waals surface area contributed by atoms with Gasteiger partial charge in [0.15, 0.2) is 0 Å². The van der Waals surface area contributed by atoms with E-state index in [1.54, 1.807) is 24.3 Å². The zero-order valence-electron chi connectivity index (χ0n) is 15.2. The monoisotopic (exact) mass is 407 g/mol. The molecule has 2 aromatic heterocycles. The second-order valence-electron chi connectivity index (χ2n) is 6.30. The first-order valence-corrected chi connectivity index (χ1v) is 10.3. The molecule has 0 spiro atoms. The van der Waals surface area contributed by atoms with E-state index in [9.17, 15) is 13.2 Å². The quantitative estimate of drug-likeness (QED) is 0.509. The second kappa shape index (κ2) is 7.76. The predicted octanol–water partition coefficient (Wildman–Crippen LogP) is 3.56. The Kier molecular flexibility index (Phi) is 5.01. The smallest absolute Gasteiger partial charge is 0.261 e. The SMILES string of the molecule is O=C(NCc1ccco1)c1cnccc1NS(=O)(=O)c1ccc2ccccc2c1. The molecule has 8 heteroatoms. The van der Waals surface area contributed by atoms with Crippen molar-refractivity contribution >= 4 is 32.4 Å². The van der Waals surface area contributed by atoms with Crippen LogP contribution in [0.5, 0.6) is 0 Å². The van der Waals surface area contributed by atoms with Crippen molar-refractivity contribution in [3.05, 3.63) is 90.6 Å². The maximum Gasteiger partial charge on any atom is 0.261 e. The number of hydrogen-bond donors (Lipinski definition) is 2. The number of hydrogen-bond acceptors (Lipinski definition) is 5. The largest absolute Gasteiger partial charge is 0.467 e. The van der Waals surface area contributed by atoms with E-state index in [0.717, 1.165) is 10.8 Å². The number of sulfonamides is 1. The lowest BCUT2D eigenvalue weighted by Gasteiger charge is -2.12. The summed E-state index contributed by atoms with van der Waals surface area (Å²) < 4.78 is 33.4. The maximum atomic E-state index is 12.9. The lowest BCUT2D eigenvalue weighted by atomic mass is 10.1. The van der Waals surface area contributed by atoms with Gasteiger partial charge in [-0.15, -0.1) is 0 Å². The van der Waals surface area contributed by atoms with Crippen molar-refractivity contribution in [1.82, 2.24) is 10.3 Å². The molecule has 0 unspecified atom stereocenters. The van der Waals surface area contributed by atoms with Gasteiger partial charge in [0.05, 0.1) is 29.0 Å². The summed E-state index contributed by atoms with van der Waals surface area (Å²) in [5.74, 6) is 0.117. The molecular formula is C21H17N3O4S. The molecule has 146 valence electrons. The van der Waals surface area contributed by atoms with Crippen molar-refractivity contribution in [3.8, 4) is 0 Å². The Hall–Kier alpha value is -3.65. The summed E-state index contributed by atoms with van der Waals surface area (Å²) in [5.41, 5.74) is 0.258. The molecule has 4 aromatic rings. The highest BCUT2D eigenvalue weighted by atomic mass is 32.2. The first kappa shape index (κ1) is 18.7. The lowest BCUT2D eigenvalue weighted by Crippen LogP contribution is -2.25. The van der Waals surface area contributed by atoms with Crippen molar-refractivity contribution in [1.29, 1.82) is 0 Å². The van der Waals surface area contributed by atoms with Crippen LogP contribution in [0.3, 0.4) is 0 Å². The van der Waals surface area contributed by atoms with Crippen LogP contribution in [0.4, 0.5) is 5.69 Å². The number of aromatic nitrogens is 1. The molecule has 0 radical (unpaired) electrons. The number of nitrogens with one attached hydrogen (secondary N) is 2. The van der Waals surface area contributed by atoms with E-state index < -0.39 is 15.9 Å². The molecule has 0 atom stereocenters. The number of carbonyl (C=O) groups is 1. The molecular weight excluding hydrogens is 390 g/mol. The molecule has 2 N–H and O–H groups in total. The van der Waals surface area contributed by atoms with Gasteiger partial charge in [0.1, 0.15) is 5.76 Å². The third-order valence-corrected chi connectivity index (χ3v) is 5.71. The number of benzene rings is 2. The van der Waals surface area contributed by atoms with Crippen molar-refractivity contribution < 1.29 is 17.6 Å². The van der Waals surface area contributed by atoms with Gasteiger partial charge in [0, 0.05) is 12.4 Å². The van der Waals surface area contributed by atoms with Gasteiger partial charge in [-0.25, -0.2) is 8.42 Å². The van der Waals surface area contributed by atoms with Crippen molar-refractivity contribution in [2.45, 2.75) is 11.4 Å². The van der Waals surface area contributed by atoms with Crippen LogP contribution in [0.25, 0.3) is 10.8 Å². The molecule has 0 fully saturated rings. The summed E-state index contributed by atoms with van der Waals surface area (Å²) in [7, 11) is -3.90. The number of pyridine rings is 1. The Bertz CT molecular complexity index is 1270. The Labute approximate surface area is 167 Å². The first-order chi connectivity index (χ1) is 14.0. The maximum absolute atomic E-state index is 12.9. The molecule has 0 aliphatic rings. The second-order valence-corrected chi connectivity index (χ2v) is 7.98. The summed E-state index contributed by atoms with van der Waals surface area (Å²) in [5, 5.41) is 4.43. The van der Waals surface area contributed by atoms with E-state index >= 15 is 0 Å². The average Bonchev–Trinajstić information content (AvgIpc) is 3.25. The van der Waals surface area contributed by atoms with Gasteiger partial charge in [0.2, 0.25) is 0 Å². The van der Waals surface area contributed by atoms with E-state index in [4.69, 9.17) is 4.42 Å². The lowest BCUT2D eigenvalue weighted by molar-refractivity contribution is 0.0948. The predicted molar refractivity (Wildman–Crippen MR) is 109 cm³/mol. The molecule has 29 heavy (non-hydrogen) atoms. The van der Waals surface area contributed by atoms with Gasteiger partial charge in [-0.3, -0.25) is 14.5 Å². The van der Waals surface area contributed by atoms with E-state index in [1.807, 2.05) is 24.3 Å². The van der Waals surface area contributed by atoms with Crippen LogP contribution >= 0.6 is 0 Å². The zero-order valence-corrected chi connectivity index (χ0v) is 16.0. The third-order valence-electron chi connectivity index (χ3n) is 4.34. The summed E-state index contributed by atoms with van der Waals surface area (Å²) in [6.07, 6.45) is 4.24. The van der Waals surface area contributed by atoms with Gasteiger partial charge >= 0.3 is 0 Å². The van der Waals surface area contributed by atoms with Crippen molar-refractivity contribution in [3.63, 3.8) is 0 Å². The minimum Gasteiger partial charge on any atom is -0.467 e. The Morgan fingerprint density at radius 2 is 1.83 bits per heavy atom. The minimum absolute atomic E-state index is 0.106. The number of rotatable bonds is 6. The van der Waals surface area contributed by atoms with Crippen LogP contribution in [0, 0.1) is 0 Å². The van der Waals surface area contributed by atoms with E-state index in [-0.39, 0.29) is 22.7 Å². The summed E-state index contributed by atoms with van der Waals surface area (Å²) in [6.45, 7) is 0.178. The average molecular weight is 407 g/mol. The molecule has 1 amide bonds. The van der Waals surface area contributed by atoms with Crippen LogP contribution < -0.4 is 10.0 Å². The number of fused-ring (bicyclic) bond motifs is 1. The summed E-state index contributed by atoms with van der Waals surface area (Å²) in [4.78, 5) is 16.6. The Morgan fingerprint density at radius 3 is 2.62 bits per heavy atom. The third kappa shape index (κ3) is 4.12. The Morgan fingerprint density at radius 1 is 1.00 bits per heavy atom. The minimum atomic E-state index is -3.90. The van der Waals surface area contributed by atoms with Gasteiger partial charge in [-0.2, -0.15) is 0 Å².